The third-order valence-electron chi connectivity index (χ3n) is 6.10. The zero-order valence-electron chi connectivity index (χ0n) is 20.9. The summed E-state index contributed by atoms with van der Waals surface area (Å²) in [4.78, 5) is 22.9. The van der Waals surface area contributed by atoms with Crippen LogP contribution in [0.4, 0.5) is 30.7 Å². The Balaban J connectivity index is 1.56. The standard InChI is InChI=1S/C24H20F7N5O4S/c1-13-2-7-19(36(13)41(38,39)17-5-3-15(25)4-6-17)21(37)33-11-16-8-18(20(12-32-16)40-24(29,30)31)14-9-34-22(35-10-14)23(26,27)28/h3-6,8-10,12-13,19H,2,7,11H2,1H3,(H,33,37)/t13-,19-/m0/s1. The van der Waals surface area contributed by atoms with Crippen molar-refractivity contribution in [3.63, 3.8) is 0 Å². The van der Waals surface area contributed by atoms with Crippen molar-refractivity contribution in [3.8, 4) is 16.9 Å². The minimum absolute atomic E-state index is 0.0261. The van der Waals surface area contributed by atoms with Crippen LogP contribution in [-0.2, 0) is 27.5 Å². The summed E-state index contributed by atoms with van der Waals surface area (Å²) in [5.41, 5.74) is -0.638. The zero-order valence-corrected chi connectivity index (χ0v) is 21.7. The van der Waals surface area contributed by atoms with Crippen molar-refractivity contribution in [1.82, 2.24) is 24.6 Å². The van der Waals surface area contributed by atoms with Crippen LogP contribution in [0.15, 0.2) is 53.8 Å². The molecule has 0 radical (unpaired) electrons. The molecule has 220 valence electrons. The van der Waals surface area contributed by atoms with E-state index in [-0.39, 0.29) is 34.7 Å². The second-order valence-electron chi connectivity index (χ2n) is 8.96. The van der Waals surface area contributed by atoms with E-state index >= 15 is 0 Å². The lowest BCUT2D eigenvalue weighted by Crippen LogP contribution is -2.48. The Morgan fingerprint density at radius 2 is 1.66 bits per heavy atom. The number of hydrogen-bond acceptors (Lipinski definition) is 7. The van der Waals surface area contributed by atoms with E-state index in [1.807, 2.05) is 0 Å². The Bertz CT molecular complexity index is 1520. The number of benzene rings is 1. The number of ether oxygens (including phenoxy) is 1. The van der Waals surface area contributed by atoms with Crippen LogP contribution in [0.2, 0.25) is 0 Å². The van der Waals surface area contributed by atoms with Gasteiger partial charge in [-0.1, -0.05) is 0 Å². The molecule has 1 amide bonds. The Labute approximate surface area is 228 Å². The SMILES string of the molecule is C[C@H]1CC[C@@H](C(=O)NCc2cc(-c3cnc(C(F)(F)F)nc3)c(OC(F)(F)F)cn2)N1S(=O)(=O)c1ccc(F)cc1. The molecule has 9 nitrogen and oxygen atoms in total. The Hall–Kier alpha value is -3.86. The van der Waals surface area contributed by atoms with Crippen LogP contribution >= 0.6 is 0 Å². The zero-order chi connectivity index (χ0) is 30.2. The molecule has 0 aliphatic carbocycles. The minimum atomic E-state index is -5.16. The number of hydrogen-bond donors (Lipinski definition) is 1. The molecule has 2 aromatic heterocycles. The number of carbonyl (C=O) groups is 1. The molecule has 0 saturated carbocycles. The van der Waals surface area contributed by atoms with Gasteiger partial charge in [0, 0.05) is 29.6 Å². The summed E-state index contributed by atoms with van der Waals surface area (Å²) in [6.07, 6.45) is -7.54. The molecule has 1 aliphatic rings. The summed E-state index contributed by atoms with van der Waals surface area (Å²) in [6.45, 7) is 1.22. The average molecular weight is 608 g/mol. The summed E-state index contributed by atoms with van der Waals surface area (Å²) >= 11 is 0. The molecular weight excluding hydrogens is 587 g/mol. The van der Waals surface area contributed by atoms with E-state index in [9.17, 15) is 43.9 Å². The maximum absolute atomic E-state index is 13.3. The van der Waals surface area contributed by atoms with Gasteiger partial charge in [0.15, 0.2) is 5.75 Å². The first kappa shape index (κ1) is 30.1. The topological polar surface area (TPSA) is 114 Å². The summed E-state index contributed by atoms with van der Waals surface area (Å²) in [7, 11) is -4.19. The second kappa shape index (κ2) is 11.2. The fourth-order valence-electron chi connectivity index (χ4n) is 4.26. The number of nitrogens with one attached hydrogen (secondary N) is 1. The van der Waals surface area contributed by atoms with Gasteiger partial charge in [-0.2, -0.15) is 17.5 Å². The van der Waals surface area contributed by atoms with Gasteiger partial charge in [0.05, 0.1) is 23.3 Å². The monoisotopic (exact) mass is 607 g/mol. The average Bonchev–Trinajstić information content (AvgIpc) is 3.29. The summed E-state index contributed by atoms with van der Waals surface area (Å²) in [5, 5.41) is 2.49. The molecular formula is C24H20F7N5O4S. The second-order valence-corrected chi connectivity index (χ2v) is 10.8. The van der Waals surface area contributed by atoms with Crippen LogP contribution in [0, 0.1) is 5.82 Å². The van der Waals surface area contributed by atoms with Crippen LogP contribution in [0.25, 0.3) is 11.1 Å². The molecule has 3 aromatic rings. The first-order chi connectivity index (χ1) is 19.1. The van der Waals surface area contributed by atoms with E-state index in [0.29, 0.717) is 25.0 Å². The predicted octanol–water partition coefficient (Wildman–Crippen LogP) is 4.45. The number of alkyl halides is 6. The number of pyridine rings is 1. The molecule has 0 unspecified atom stereocenters. The minimum Gasteiger partial charge on any atom is -0.403 e. The highest BCUT2D eigenvalue weighted by Crippen LogP contribution is 2.35. The van der Waals surface area contributed by atoms with Gasteiger partial charge in [-0.25, -0.2) is 22.8 Å². The van der Waals surface area contributed by atoms with E-state index in [0.717, 1.165) is 34.6 Å². The quantitative estimate of drug-likeness (QED) is 0.395. The maximum Gasteiger partial charge on any atom is 0.573 e. The smallest absolute Gasteiger partial charge is 0.403 e. The molecule has 1 aliphatic heterocycles. The normalized spacial score (nSPS) is 18.3. The van der Waals surface area contributed by atoms with Crippen molar-refractivity contribution < 1.29 is 48.7 Å². The molecule has 1 aromatic carbocycles. The van der Waals surface area contributed by atoms with E-state index < -0.39 is 57.9 Å². The van der Waals surface area contributed by atoms with E-state index in [4.69, 9.17) is 0 Å². The van der Waals surface area contributed by atoms with Crippen LogP contribution in [0.3, 0.4) is 0 Å². The van der Waals surface area contributed by atoms with Gasteiger partial charge in [-0.05, 0) is 50.1 Å². The van der Waals surface area contributed by atoms with Crippen molar-refractivity contribution in [3.05, 3.63) is 66.3 Å². The van der Waals surface area contributed by atoms with Crippen molar-refractivity contribution in [1.29, 1.82) is 0 Å². The Morgan fingerprint density at radius 1 is 1.02 bits per heavy atom. The number of nitrogens with zero attached hydrogens (tertiary/aromatic N) is 4. The summed E-state index contributed by atoms with van der Waals surface area (Å²) in [6, 6.07) is 3.42. The molecule has 0 spiro atoms. The fourth-order valence-corrected chi connectivity index (χ4v) is 6.10. The Kier molecular flexibility index (Phi) is 8.22. The molecule has 3 heterocycles. The number of rotatable bonds is 7. The Morgan fingerprint density at radius 3 is 2.24 bits per heavy atom. The van der Waals surface area contributed by atoms with Gasteiger partial charge < -0.3 is 10.1 Å². The molecule has 0 bridgehead atoms. The fraction of sp³-hybridized carbons (Fsp3) is 0.333. The third kappa shape index (κ3) is 6.90. The number of amides is 1. The van der Waals surface area contributed by atoms with Gasteiger partial charge in [-0.15, -0.1) is 13.2 Å². The third-order valence-corrected chi connectivity index (χ3v) is 8.14. The molecule has 17 heteroatoms. The van der Waals surface area contributed by atoms with Gasteiger partial charge in [-0.3, -0.25) is 9.78 Å². The molecule has 1 fully saturated rings. The lowest BCUT2D eigenvalue weighted by Gasteiger charge is -2.27. The van der Waals surface area contributed by atoms with Crippen LogP contribution in [0.5, 0.6) is 5.75 Å². The highest BCUT2D eigenvalue weighted by Gasteiger charge is 2.43. The van der Waals surface area contributed by atoms with Gasteiger partial charge in [0.2, 0.25) is 21.8 Å². The van der Waals surface area contributed by atoms with Gasteiger partial charge in [0.25, 0.3) is 0 Å². The highest BCUT2D eigenvalue weighted by molar-refractivity contribution is 7.89. The number of sulfonamides is 1. The van der Waals surface area contributed by atoms with Crippen molar-refractivity contribution in [2.75, 3.05) is 0 Å². The van der Waals surface area contributed by atoms with Crippen molar-refractivity contribution >= 4 is 15.9 Å². The number of aromatic nitrogens is 3. The van der Waals surface area contributed by atoms with Crippen molar-refractivity contribution in [2.24, 2.45) is 0 Å². The predicted molar refractivity (Wildman–Crippen MR) is 127 cm³/mol. The lowest BCUT2D eigenvalue weighted by atomic mass is 10.1. The van der Waals surface area contributed by atoms with Crippen molar-refractivity contribution in [2.45, 2.75) is 55.8 Å². The molecule has 1 saturated heterocycles. The van der Waals surface area contributed by atoms with E-state index in [1.54, 1.807) is 6.92 Å². The van der Waals surface area contributed by atoms with Gasteiger partial charge >= 0.3 is 12.5 Å². The van der Waals surface area contributed by atoms with Gasteiger partial charge in [0.1, 0.15) is 11.9 Å². The number of halogens is 7. The molecule has 2 atom stereocenters. The number of carbonyl (C=O) groups excluding carboxylic acids is 1. The largest absolute Gasteiger partial charge is 0.573 e. The molecule has 4 rings (SSSR count). The van der Waals surface area contributed by atoms with E-state index in [2.05, 4.69) is 25.0 Å². The van der Waals surface area contributed by atoms with Crippen LogP contribution < -0.4 is 10.1 Å². The highest BCUT2D eigenvalue weighted by atomic mass is 32.2. The molecule has 41 heavy (non-hydrogen) atoms. The summed E-state index contributed by atoms with van der Waals surface area (Å²) < 4.78 is 122. The summed E-state index contributed by atoms with van der Waals surface area (Å²) in [5.74, 6) is -3.73. The molecule has 1 N–H and O–H groups in total. The first-order valence-electron chi connectivity index (χ1n) is 11.8. The van der Waals surface area contributed by atoms with Crippen LogP contribution in [0.1, 0.15) is 31.3 Å². The van der Waals surface area contributed by atoms with Crippen LogP contribution in [-0.4, -0.2) is 52.0 Å². The first-order valence-corrected chi connectivity index (χ1v) is 13.2. The maximum atomic E-state index is 13.3. The lowest BCUT2D eigenvalue weighted by molar-refractivity contribution is -0.274. The van der Waals surface area contributed by atoms with E-state index in [1.165, 1.54) is 0 Å².